The molecule has 2 fully saturated rings. The van der Waals surface area contributed by atoms with Crippen LogP contribution in [0.15, 0.2) is 77.3 Å². The normalized spacial score (nSPS) is 17.2. The predicted molar refractivity (Wildman–Crippen MR) is 161 cm³/mol. The number of likely N-dealkylation sites (tertiary alicyclic amines) is 1. The molecule has 0 radical (unpaired) electrons. The number of fused-ring (bicyclic) bond motifs is 1. The van der Waals surface area contributed by atoms with Crippen LogP contribution < -0.4 is 4.90 Å². The third-order valence-electron chi connectivity index (χ3n) is 8.32. The van der Waals surface area contributed by atoms with Crippen LogP contribution in [0.3, 0.4) is 0 Å². The molecule has 0 aliphatic carbocycles. The summed E-state index contributed by atoms with van der Waals surface area (Å²) in [6.45, 7) is 8.28. The number of aromatic nitrogens is 2. The second-order valence-corrected chi connectivity index (χ2v) is 11.6. The summed E-state index contributed by atoms with van der Waals surface area (Å²) in [6, 6.07) is 25.4. The number of hydrogen-bond acceptors (Lipinski definition) is 4. The van der Waals surface area contributed by atoms with Crippen LogP contribution in [-0.2, 0) is 17.8 Å². The number of aryl methyl sites for hydroxylation is 1. The Kier molecular flexibility index (Phi) is 7.71. The van der Waals surface area contributed by atoms with Crippen LogP contribution in [0.4, 0.5) is 5.69 Å². The van der Waals surface area contributed by atoms with Gasteiger partial charge in [0.15, 0.2) is 0 Å². The quantitative estimate of drug-likeness (QED) is 0.282. The van der Waals surface area contributed by atoms with Crippen LogP contribution in [-0.4, -0.2) is 64.5 Å². The van der Waals surface area contributed by atoms with E-state index in [1.54, 1.807) is 0 Å². The molecular formula is C32H36BrN5O. The number of hydrogen-bond donors (Lipinski definition) is 0. The summed E-state index contributed by atoms with van der Waals surface area (Å²) >= 11 is 3.56. The Morgan fingerprint density at radius 1 is 0.872 bits per heavy atom. The number of nitrogens with zero attached hydrogens (tertiary/aromatic N) is 5. The number of carbonyl (C=O) groups is 1. The van der Waals surface area contributed by atoms with Gasteiger partial charge in [-0.05, 0) is 80.4 Å². The summed E-state index contributed by atoms with van der Waals surface area (Å²) < 4.78 is 3.34. The van der Waals surface area contributed by atoms with Gasteiger partial charge in [0.25, 0.3) is 0 Å². The molecular weight excluding hydrogens is 550 g/mol. The van der Waals surface area contributed by atoms with Gasteiger partial charge in [-0.3, -0.25) is 14.3 Å². The summed E-state index contributed by atoms with van der Waals surface area (Å²) in [5.74, 6) is 1.52. The number of para-hydroxylation sites is 3. The van der Waals surface area contributed by atoms with Crippen molar-refractivity contribution in [1.82, 2.24) is 19.4 Å². The Hall–Kier alpha value is -3.16. The topological polar surface area (TPSA) is 44.6 Å². The maximum Gasteiger partial charge on any atom is 0.225 e. The molecule has 3 heterocycles. The number of halogens is 1. The minimum Gasteiger partial charge on any atom is -0.368 e. The summed E-state index contributed by atoms with van der Waals surface area (Å²) in [4.78, 5) is 25.5. The Morgan fingerprint density at radius 2 is 1.56 bits per heavy atom. The highest BCUT2D eigenvalue weighted by atomic mass is 79.9. The van der Waals surface area contributed by atoms with E-state index in [9.17, 15) is 4.79 Å². The Morgan fingerprint density at radius 3 is 2.31 bits per heavy atom. The molecule has 202 valence electrons. The summed E-state index contributed by atoms with van der Waals surface area (Å²) in [5, 5.41) is 0. The van der Waals surface area contributed by atoms with Crippen LogP contribution in [0, 0.1) is 5.92 Å². The van der Waals surface area contributed by atoms with Gasteiger partial charge in [0.1, 0.15) is 5.82 Å². The smallest absolute Gasteiger partial charge is 0.225 e. The van der Waals surface area contributed by atoms with E-state index in [2.05, 4.69) is 109 Å². The summed E-state index contributed by atoms with van der Waals surface area (Å²) in [6.07, 6.45) is 2.86. The molecule has 2 aliphatic heterocycles. The van der Waals surface area contributed by atoms with Crippen molar-refractivity contribution >= 4 is 38.6 Å². The van der Waals surface area contributed by atoms with E-state index in [0.29, 0.717) is 5.91 Å². The van der Waals surface area contributed by atoms with Crippen molar-refractivity contribution in [3.8, 4) is 5.69 Å². The Labute approximate surface area is 239 Å². The molecule has 0 spiro atoms. The van der Waals surface area contributed by atoms with Gasteiger partial charge in [-0.2, -0.15) is 0 Å². The molecule has 39 heavy (non-hydrogen) atoms. The van der Waals surface area contributed by atoms with Crippen LogP contribution in [0.1, 0.15) is 31.2 Å². The van der Waals surface area contributed by atoms with E-state index >= 15 is 0 Å². The molecule has 1 amide bonds. The number of rotatable bonds is 6. The van der Waals surface area contributed by atoms with Gasteiger partial charge in [0, 0.05) is 47.9 Å². The van der Waals surface area contributed by atoms with E-state index in [1.807, 2.05) is 6.07 Å². The fourth-order valence-electron chi connectivity index (χ4n) is 6.14. The zero-order valence-electron chi connectivity index (χ0n) is 22.6. The fraction of sp³-hybridized carbons (Fsp3) is 0.375. The molecule has 2 aliphatic rings. The maximum atomic E-state index is 13.4. The summed E-state index contributed by atoms with van der Waals surface area (Å²) in [5.41, 5.74) is 5.97. The lowest BCUT2D eigenvalue weighted by Crippen LogP contribution is -2.51. The van der Waals surface area contributed by atoms with Gasteiger partial charge in [0.2, 0.25) is 5.91 Å². The van der Waals surface area contributed by atoms with Crippen LogP contribution in [0.25, 0.3) is 16.7 Å². The van der Waals surface area contributed by atoms with Crippen molar-refractivity contribution < 1.29 is 4.79 Å². The number of carbonyl (C=O) groups excluding carboxylic acids is 1. The Bertz CT molecular complexity index is 1430. The first-order chi connectivity index (χ1) is 19.1. The van der Waals surface area contributed by atoms with Crippen molar-refractivity contribution in [2.45, 2.75) is 32.7 Å². The molecule has 3 aromatic carbocycles. The average molecular weight is 587 g/mol. The van der Waals surface area contributed by atoms with Crippen molar-refractivity contribution in [1.29, 1.82) is 0 Å². The number of anilines is 1. The third kappa shape index (κ3) is 5.48. The van der Waals surface area contributed by atoms with Crippen LogP contribution in [0.2, 0.25) is 0 Å². The minimum atomic E-state index is 0.126. The molecule has 6 nitrogen and oxygen atoms in total. The molecule has 0 unspecified atom stereocenters. The van der Waals surface area contributed by atoms with Crippen LogP contribution in [0.5, 0.6) is 0 Å². The largest absolute Gasteiger partial charge is 0.368 e. The molecule has 0 N–H and O–H groups in total. The highest BCUT2D eigenvalue weighted by Crippen LogP contribution is 2.27. The van der Waals surface area contributed by atoms with Crippen molar-refractivity contribution in [2.75, 3.05) is 44.2 Å². The number of amides is 1. The van der Waals surface area contributed by atoms with Gasteiger partial charge >= 0.3 is 0 Å². The summed E-state index contributed by atoms with van der Waals surface area (Å²) in [7, 11) is 0. The first-order valence-electron chi connectivity index (χ1n) is 14.2. The van der Waals surface area contributed by atoms with Crippen molar-refractivity contribution in [3.05, 3.63) is 88.7 Å². The lowest BCUT2D eigenvalue weighted by Gasteiger charge is -2.39. The Balaban J connectivity index is 1.08. The standard InChI is InChI=1S/C32H36BrN5O/c1-2-24-7-3-5-9-29(24)36-19-21-37(22-20-36)32(39)25-15-17-35(18-16-25)23-31-34-28-8-4-6-10-30(28)38(31)27-13-11-26(33)12-14-27/h3-14,25H,2,15-23H2,1H3. The number of piperazine rings is 1. The first-order valence-corrected chi connectivity index (χ1v) is 15.0. The van der Waals surface area contributed by atoms with Crippen molar-refractivity contribution in [2.24, 2.45) is 5.92 Å². The van der Waals surface area contributed by atoms with Crippen molar-refractivity contribution in [3.63, 3.8) is 0 Å². The molecule has 0 atom stereocenters. The molecule has 0 bridgehead atoms. The lowest BCUT2D eigenvalue weighted by atomic mass is 9.95. The highest BCUT2D eigenvalue weighted by molar-refractivity contribution is 9.10. The molecule has 0 saturated carbocycles. The number of benzene rings is 3. The number of imidazole rings is 1. The zero-order valence-corrected chi connectivity index (χ0v) is 24.2. The molecule has 4 aromatic rings. The molecule has 6 rings (SSSR count). The zero-order chi connectivity index (χ0) is 26.8. The number of piperidine rings is 1. The third-order valence-corrected chi connectivity index (χ3v) is 8.85. The van der Waals surface area contributed by atoms with E-state index in [0.717, 1.165) is 92.1 Å². The second-order valence-electron chi connectivity index (χ2n) is 10.7. The predicted octanol–water partition coefficient (Wildman–Crippen LogP) is 5.91. The van der Waals surface area contributed by atoms with Gasteiger partial charge < -0.3 is 9.80 Å². The second kappa shape index (κ2) is 11.5. The van der Waals surface area contributed by atoms with E-state index in [1.165, 1.54) is 11.3 Å². The highest BCUT2D eigenvalue weighted by Gasteiger charge is 2.31. The monoisotopic (exact) mass is 585 g/mol. The molecule has 1 aromatic heterocycles. The van der Waals surface area contributed by atoms with E-state index in [-0.39, 0.29) is 5.92 Å². The minimum absolute atomic E-state index is 0.126. The maximum absolute atomic E-state index is 13.4. The first kappa shape index (κ1) is 26.1. The van der Waals surface area contributed by atoms with E-state index in [4.69, 9.17) is 4.98 Å². The van der Waals surface area contributed by atoms with Gasteiger partial charge in [-0.15, -0.1) is 0 Å². The average Bonchev–Trinajstić information content (AvgIpc) is 3.35. The molecule has 2 saturated heterocycles. The lowest BCUT2D eigenvalue weighted by molar-refractivity contribution is -0.137. The fourth-order valence-corrected chi connectivity index (χ4v) is 6.41. The van der Waals surface area contributed by atoms with Gasteiger partial charge in [-0.25, -0.2) is 4.98 Å². The van der Waals surface area contributed by atoms with Crippen LogP contribution >= 0.6 is 15.9 Å². The SMILES string of the molecule is CCc1ccccc1N1CCN(C(=O)C2CCN(Cc3nc4ccccc4n3-c3ccc(Br)cc3)CC2)CC1. The van der Waals surface area contributed by atoms with E-state index < -0.39 is 0 Å². The van der Waals surface area contributed by atoms with Gasteiger partial charge in [-0.1, -0.05) is 53.2 Å². The van der Waals surface area contributed by atoms with Gasteiger partial charge in [0.05, 0.1) is 17.6 Å². The molecule has 7 heteroatoms.